The van der Waals surface area contributed by atoms with E-state index in [4.69, 9.17) is 0 Å². The molecule has 4 nitrogen and oxygen atoms in total. The van der Waals surface area contributed by atoms with Gasteiger partial charge in [0.2, 0.25) is 0 Å². The number of nitrogens with zero attached hydrogens (tertiary/aromatic N) is 4. The van der Waals surface area contributed by atoms with Crippen LogP contribution in [0.2, 0.25) is 0 Å². The van der Waals surface area contributed by atoms with Crippen LogP contribution in [0.3, 0.4) is 0 Å². The number of rotatable bonds is 4. The van der Waals surface area contributed by atoms with Crippen molar-refractivity contribution >= 4 is 23.8 Å². The number of hydrogen-bond acceptors (Lipinski definition) is 4. The molecule has 0 aliphatic carbocycles. The highest BCUT2D eigenvalue weighted by molar-refractivity contribution is 5.83. The second-order valence-corrected chi connectivity index (χ2v) is 7.39. The van der Waals surface area contributed by atoms with Crippen LogP contribution in [0.5, 0.6) is 0 Å². The zero-order chi connectivity index (χ0) is 20.3. The molecule has 142 valence electrons. The van der Waals surface area contributed by atoms with Crippen LogP contribution >= 0.6 is 0 Å². The average molecular weight is 371 g/mol. The Labute approximate surface area is 167 Å². The Morgan fingerprint density at radius 1 is 0.571 bits per heavy atom. The minimum atomic E-state index is 0.722. The molecule has 0 amide bonds. The summed E-state index contributed by atoms with van der Waals surface area (Å²) < 4.78 is 0. The van der Waals surface area contributed by atoms with Gasteiger partial charge in [0.25, 0.3) is 0 Å². The molecule has 0 unspecified atom stereocenters. The predicted octanol–water partition coefficient (Wildman–Crippen LogP) is 5.83. The van der Waals surface area contributed by atoms with Gasteiger partial charge in [0.1, 0.15) is 11.4 Å². The van der Waals surface area contributed by atoms with Crippen molar-refractivity contribution in [3.63, 3.8) is 0 Å². The molecule has 0 atom stereocenters. The third kappa shape index (κ3) is 4.58. The van der Waals surface area contributed by atoms with Gasteiger partial charge in [-0.25, -0.2) is 0 Å². The molecule has 3 aromatic rings. The van der Waals surface area contributed by atoms with Crippen molar-refractivity contribution in [2.45, 2.75) is 41.5 Å². The molecule has 2 aromatic carbocycles. The fraction of sp³-hybridized carbons (Fsp3) is 0.250. The van der Waals surface area contributed by atoms with Crippen LogP contribution < -0.4 is 0 Å². The average Bonchev–Trinajstić information content (AvgIpc) is 2.61. The Morgan fingerprint density at radius 3 is 1.18 bits per heavy atom. The summed E-state index contributed by atoms with van der Waals surface area (Å²) in [7, 11) is 0. The predicted molar refractivity (Wildman–Crippen MR) is 118 cm³/mol. The monoisotopic (exact) mass is 370 g/mol. The Balaban J connectivity index is 1.78. The maximum Gasteiger partial charge on any atom is 0.104 e. The molecule has 4 heteroatoms. The van der Waals surface area contributed by atoms with Gasteiger partial charge in [-0.3, -0.25) is 9.98 Å². The summed E-state index contributed by atoms with van der Waals surface area (Å²) in [4.78, 5) is 9.22. The minimum absolute atomic E-state index is 0.722. The van der Waals surface area contributed by atoms with E-state index in [0.717, 1.165) is 45.0 Å². The quantitative estimate of drug-likeness (QED) is 0.543. The summed E-state index contributed by atoms with van der Waals surface area (Å²) >= 11 is 0. The van der Waals surface area contributed by atoms with E-state index in [1.165, 1.54) is 11.1 Å². The van der Waals surface area contributed by atoms with Crippen molar-refractivity contribution < 1.29 is 0 Å². The molecule has 0 aliphatic rings. The highest BCUT2D eigenvalue weighted by atomic mass is 15.1. The molecule has 0 fully saturated rings. The first-order valence-electron chi connectivity index (χ1n) is 9.41. The van der Waals surface area contributed by atoms with Crippen molar-refractivity contribution in [2.75, 3.05) is 0 Å². The van der Waals surface area contributed by atoms with Crippen LogP contribution in [0.4, 0.5) is 11.4 Å². The standard InChI is InChI=1S/C24H26N4/c1-15-9-17(3)23(18(4)10-15)25-13-21-7-8-22(28-27-21)14-26-24-19(5)11-16(2)12-20(24)6/h7-14H,1-6H3. The number of hydrogen-bond donors (Lipinski definition) is 0. The van der Waals surface area contributed by atoms with Gasteiger partial charge in [-0.05, 0) is 75.9 Å². The Kier molecular flexibility index (Phi) is 5.78. The van der Waals surface area contributed by atoms with Gasteiger partial charge in [-0.15, -0.1) is 10.2 Å². The van der Waals surface area contributed by atoms with E-state index in [0.29, 0.717) is 0 Å². The molecule has 0 radical (unpaired) electrons. The van der Waals surface area contributed by atoms with E-state index >= 15 is 0 Å². The van der Waals surface area contributed by atoms with Crippen LogP contribution in [-0.4, -0.2) is 22.6 Å². The van der Waals surface area contributed by atoms with Crippen molar-refractivity contribution in [3.8, 4) is 0 Å². The number of aliphatic imine (C=N–C) groups is 2. The van der Waals surface area contributed by atoms with Crippen molar-refractivity contribution in [2.24, 2.45) is 9.98 Å². The van der Waals surface area contributed by atoms with E-state index < -0.39 is 0 Å². The van der Waals surface area contributed by atoms with Crippen LogP contribution in [0.1, 0.15) is 44.8 Å². The van der Waals surface area contributed by atoms with Gasteiger partial charge < -0.3 is 0 Å². The summed E-state index contributed by atoms with van der Waals surface area (Å²) in [6, 6.07) is 12.4. The first-order valence-corrected chi connectivity index (χ1v) is 9.41. The smallest absolute Gasteiger partial charge is 0.104 e. The lowest BCUT2D eigenvalue weighted by atomic mass is 10.1. The number of benzene rings is 2. The molecule has 0 N–H and O–H groups in total. The molecular formula is C24H26N4. The first-order chi connectivity index (χ1) is 13.3. The first kappa shape index (κ1) is 19.6. The highest BCUT2D eigenvalue weighted by Gasteiger charge is 2.03. The largest absolute Gasteiger partial charge is 0.254 e. The van der Waals surface area contributed by atoms with Gasteiger partial charge in [0.05, 0.1) is 23.8 Å². The third-order valence-corrected chi connectivity index (χ3v) is 4.63. The van der Waals surface area contributed by atoms with Crippen molar-refractivity contribution in [3.05, 3.63) is 81.2 Å². The van der Waals surface area contributed by atoms with E-state index in [9.17, 15) is 0 Å². The molecule has 3 rings (SSSR count). The second kappa shape index (κ2) is 8.26. The molecule has 1 heterocycles. The summed E-state index contributed by atoms with van der Waals surface area (Å²) in [6.45, 7) is 12.5. The second-order valence-electron chi connectivity index (χ2n) is 7.39. The molecule has 0 bridgehead atoms. The topological polar surface area (TPSA) is 50.5 Å². The Morgan fingerprint density at radius 2 is 0.893 bits per heavy atom. The lowest BCUT2D eigenvalue weighted by molar-refractivity contribution is 1.01. The van der Waals surface area contributed by atoms with Crippen LogP contribution in [0.15, 0.2) is 46.4 Å². The van der Waals surface area contributed by atoms with Crippen molar-refractivity contribution in [1.82, 2.24) is 10.2 Å². The van der Waals surface area contributed by atoms with Gasteiger partial charge >= 0.3 is 0 Å². The molecule has 1 aromatic heterocycles. The summed E-state index contributed by atoms with van der Waals surface area (Å²) in [5, 5.41) is 8.50. The maximum absolute atomic E-state index is 4.61. The fourth-order valence-corrected chi connectivity index (χ4v) is 3.50. The SMILES string of the molecule is Cc1cc(C)c(N=Cc2ccc(C=Nc3c(C)cc(C)cc3C)nn2)c(C)c1. The lowest BCUT2D eigenvalue weighted by Gasteiger charge is -2.06. The highest BCUT2D eigenvalue weighted by Crippen LogP contribution is 2.25. The number of aromatic nitrogens is 2. The Bertz CT molecular complexity index is 928. The van der Waals surface area contributed by atoms with Gasteiger partial charge in [-0.2, -0.15) is 0 Å². The maximum atomic E-state index is 4.61. The molecule has 0 spiro atoms. The lowest BCUT2D eigenvalue weighted by Crippen LogP contribution is -1.96. The normalized spacial score (nSPS) is 11.6. The van der Waals surface area contributed by atoms with Gasteiger partial charge in [0, 0.05) is 0 Å². The summed E-state index contributed by atoms with van der Waals surface area (Å²) in [6.07, 6.45) is 3.51. The van der Waals surface area contributed by atoms with Gasteiger partial charge in [-0.1, -0.05) is 35.4 Å². The van der Waals surface area contributed by atoms with Crippen molar-refractivity contribution in [1.29, 1.82) is 0 Å². The molecule has 0 aliphatic heterocycles. The van der Waals surface area contributed by atoms with E-state index in [2.05, 4.69) is 86.0 Å². The fourth-order valence-electron chi connectivity index (χ4n) is 3.50. The van der Waals surface area contributed by atoms with Crippen LogP contribution in [0, 0.1) is 41.5 Å². The summed E-state index contributed by atoms with van der Waals surface area (Å²) in [5.74, 6) is 0. The van der Waals surface area contributed by atoms with E-state index in [1.54, 1.807) is 12.4 Å². The van der Waals surface area contributed by atoms with Gasteiger partial charge in [0.15, 0.2) is 0 Å². The molecule has 28 heavy (non-hydrogen) atoms. The Hall–Kier alpha value is -3.14. The zero-order valence-electron chi connectivity index (χ0n) is 17.4. The molecular weight excluding hydrogens is 344 g/mol. The minimum Gasteiger partial charge on any atom is -0.254 e. The van der Waals surface area contributed by atoms with E-state index in [1.807, 2.05) is 12.1 Å². The van der Waals surface area contributed by atoms with Crippen LogP contribution in [0.25, 0.3) is 0 Å². The summed E-state index contributed by atoms with van der Waals surface area (Å²) in [5.41, 5.74) is 10.6. The van der Waals surface area contributed by atoms with Crippen LogP contribution in [-0.2, 0) is 0 Å². The number of aryl methyl sites for hydroxylation is 6. The third-order valence-electron chi connectivity index (χ3n) is 4.63. The molecule has 0 saturated carbocycles. The van der Waals surface area contributed by atoms with E-state index in [-0.39, 0.29) is 0 Å². The zero-order valence-corrected chi connectivity index (χ0v) is 17.4. The molecule has 0 saturated heterocycles.